The average molecular weight is 253 g/mol. The Hall–Kier alpha value is -2.13. The van der Waals surface area contributed by atoms with Crippen LogP contribution in [-0.4, -0.2) is 5.97 Å². The zero-order valence-electron chi connectivity index (χ0n) is 9.42. The second kappa shape index (κ2) is 4.27. The lowest BCUT2D eigenvalue weighted by Crippen LogP contribution is -2.20. The first-order valence-electron chi connectivity index (χ1n) is 5.54. The Labute approximate surface area is 108 Å². The predicted octanol–water partition coefficient (Wildman–Crippen LogP) is 2.93. The number of hydrogen-bond donors (Lipinski definition) is 0. The second-order valence-corrected chi connectivity index (χ2v) is 5.10. The third kappa shape index (κ3) is 1.89. The van der Waals surface area contributed by atoms with Crippen LogP contribution in [0, 0.1) is 0 Å². The molecule has 88 valence electrons. The summed E-state index contributed by atoms with van der Waals surface area (Å²) in [6.07, 6.45) is 0. The van der Waals surface area contributed by atoms with Gasteiger partial charge in [-0.2, -0.15) is 0 Å². The van der Waals surface area contributed by atoms with Crippen LogP contribution in [0.4, 0.5) is 0 Å². The lowest BCUT2D eigenvalue weighted by molar-refractivity contribution is -0.254. The number of carbonyl (C=O) groups is 1. The van der Waals surface area contributed by atoms with Crippen LogP contribution in [0.5, 0.6) is 0 Å². The molecule has 3 rings (SSSR count). The first-order chi connectivity index (χ1) is 8.74. The average Bonchev–Trinajstić information content (AvgIpc) is 2.82. The molecule has 1 aromatic heterocycles. The number of hydrogen-bond acceptors (Lipinski definition) is 3. The Kier molecular flexibility index (Phi) is 2.61. The van der Waals surface area contributed by atoms with Gasteiger partial charge in [-0.25, -0.2) is 0 Å². The number of aromatic carboxylic acids is 1. The summed E-state index contributed by atoms with van der Waals surface area (Å²) >= 11 is 1.25. The molecule has 0 N–H and O–H groups in total. The lowest BCUT2D eigenvalue weighted by Gasteiger charge is -2.00. The number of fused-ring (bicyclic) bond motifs is 1. The molecule has 0 atom stereocenters. The molecule has 3 aromatic rings. The minimum absolute atomic E-state index is 0.273. The van der Waals surface area contributed by atoms with Gasteiger partial charge < -0.3 is 9.90 Å². The molecule has 3 heteroatoms. The van der Waals surface area contributed by atoms with Gasteiger partial charge in [0.05, 0.1) is 10.8 Å². The van der Waals surface area contributed by atoms with E-state index in [-0.39, 0.29) is 4.88 Å². The van der Waals surface area contributed by atoms with Crippen molar-refractivity contribution in [3.63, 3.8) is 0 Å². The highest BCUT2D eigenvalue weighted by Crippen LogP contribution is 2.30. The smallest absolute Gasteiger partial charge is 0.0815 e. The fourth-order valence-electron chi connectivity index (χ4n) is 1.94. The van der Waals surface area contributed by atoms with E-state index in [1.165, 1.54) is 11.3 Å². The van der Waals surface area contributed by atoms with Crippen molar-refractivity contribution in [2.45, 2.75) is 0 Å². The molecule has 0 aliphatic carbocycles. The van der Waals surface area contributed by atoms with E-state index in [2.05, 4.69) is 0 Å². The van der Waals surface area contributed by atoms with Gasteiger partial charge >= 0.3 is 0 Å². The van der Waals surface area contributed by atoms with Gasteiger partial charge in [0.25, 0.3) is 0 Å². The fraction of sp³-hybridized carbons (Fsp3) is 0. The van der Waals surface area contributed by atoms with E-state index in [0.29, 0.717) is 0 Å². The highest BCUT2D eigenvalue weighted by Gasteiger charge is 2.04. The van der Waals surface area contributed by atoms with Crippen LogP contribution in [0.15, 0.2) is 54.6 Å². The standard InChI is InChI=1S/C15H10O2S/c16-15(17)14-9-12-7-6-11(8-13(12)18-14)10-4-2-1-3-5-10/h1-9H,(H,16,17)/p-1. The largest absolute Gasteiger partial charge is 0.544 e. The maximum absolute atomic E-state index is 10.8. The van der Waals surface area contributed by atoms with E-state index in [1.54, 1.807) is 6.07 Å². The van der Waals surface area contributed by atoms with Crippen molar-refractivity contribution in [2.75, 3.05) is 0 Å². The summed E-state index contributed by atoms with van der Waals surface area (Å²) in [5.74, 6) is -1.11. The van der Waals surface area contributed by atoms with Crippen LogP contribution < -0.4 is 5.11 Å². The van der Waals surface area contributed by atoms with E-state index < -0.39 is 5.97 Å². The molecule has 0 fully saturated rings. The van der Waals surface area contributed by atoms with Crippen LogP contribution in [0.3, 0.4) is 0 Å². The number of rotatable bonds is 2. The quantitative estimate of drug-likeness (QED) is 0.704. The summed E-state index contributed by atoms with van der Waals surface area (Å²) in [7, 11) is 0. The Morgan fingerprint density at radius 2 is 1.72 bits per heavy atom. The molecule has 1 heterocycles. The summed E-state index contributed by atoms with van der Waals surface area (Å²) < 4.78 is 0.968. The molecule has 0 aliphatic heterocycles. The zero-order valence-corrected chi connectivity index (χ0v) is 10.2. The summed E-state index contributed by atoms with van der Waals surface area (Å²) in [4.78, 5) is 11.1. The first-order valence-corrected chi connectivity index (χ1v) is 6.36. The van der Waals surface area contributed by atoms with Gasteiger partial charge in [-0.15, -0.1) is 11.3 Å². The maximum Gasteiger partial charge on any atom is 0.0815 e. The summed E-state index contributed by atoms with van der Waals surface area (Å²) in [6, 6.07) is 17.6. The first kappa shape index (κ1) is 11.0. The van der Waals surface area contributed by atoms with Crippen LogP contribution in [0.1, 0.15) is 9.67 Å². The Balaban J connectivity index is 2.14. The molecular weight excluding hydrogens is 244 g/mol. The van der Waals surface area contributed by atoms with Crippen LogP contribution >= 0.6 is 11.3 Å². The SMILES string of the molecule is O=C([O-])c1cc2ccc(-c3ccccc3)cc2s1. The lowest BCUT2D eigenvalue weighted by atomic mass is 10.1. The van der Waals surface area contributed by atoms with E-state index in [4.69, 9.17) is 0 Å². The molecule has 0 aliphatic rings. The Morgan fingerprint density at radius 1 is 0.944 bits per heavy atom. The number of thiophene rings is 1. The molecule has 0 radical (unpaired) electrons. The molecule has 0 unspecified atom stereocenters. The van der Waals surface area contributed by atoms with Gasteiger partial charge in [0.15, 0.2) is 0 Å². The number of benzene rings is 2. The van der Waals surface area contributed by atoms with Crippen molar-refractivity contribution < 1.29 is 9.90 Å². The molecule has 0 saturated heterocycles. The topological polar surface area (TPSA) is 40.1 Å². The molecule has 2 nitrogen and oxygen atoms in total. The molecule has 0 spiro atoms. The van der Waals surface area contributed by atoms with E-state index >= 15 is 0 Å². The predicted molar refractivity (Wildman–Crippen MR) is 71.6 cm³/mol. The third-order valence-electron chi connectivity index (χ3n) is 2.83. The molecule has 0 saturated carbocycles. The Morgan fingerprint density at radius 3 is 2.44 bits per heavy atom. The molecule has 0 amide bonds. The summed E-state index contributed by atoms with van der Waals surface area (Å²) in [5.41, 5.74) is 2.22. The van der Waals surface area contributed by atoms with E-state index in [1.807, 2.05) is 48.5 Å². The van der Waals surface area contributed by atoms with Gasteiger partial charge in [-0.05, 0) is 28.6 Å². The van der Waals surface area contributed by atoms with Crippen molar-refractivity contribution in [3.8, 4) is 11.1 Å². The minimum atomic E-state index is -1.11. The van der Waals surface area contributed by atoms with Crippen LogP contribution in [-0.2, 0) is 0 Å². The van der Waals surface area contributed by atoms with Gasteiger partial charge in [0.1, 0.15) is 0 Å². The molecule has 2 aromatic carbocycles. The van der Waals surface area contributed by atoms with Crippen molar-refractivity contribution in [1.82, 2.24) is 0 Å². The van der Waals surface area contributed by atoms with Gasteiger partial charge in [-0.1, -0.05) is 42.5 Å². The minimum Gasteiger partial charge on any atom is -0.544 e. The second-order valence-electron chi connectivity index (χ2n) is 4.02. The van der Waals surface area contributed by atoms with Crippen molar-refractivity contribution in [1.29, 1.82) is 0 Å². The highest BCUT2D eigenvalue weighted by atomic mass is 32.1. The maximum atomic E-state index is 10.8. The third-order valence-corrected chi connectivity index (χ3v) is 3.91. The molecule has 0 bridgehead atoms. The van der Waals surface area contributed by atoms with Gasteiger partial charge in [-0.3, -0.25) is 0 Å². The van der Waals surface area contributed by atoms with E-state index in [0.717, 1.165) is 21.2 Å². The number of carbonyl (C=O) groups excluding carboxylic acids is 1. The van der Waals surface area contributed by atoms with Crippen molar-refractivity contribution in [3.05, 3.63) is 59.5 Å². The number of carboxylic acid groups (broad SMARTS) is 1. The van der Waals surface area contributed by atoms with Crippen LogP contribution in [0.2, 0.25) is 0 Å². The highest BCUT2D eigenvalue weighted by molar-refractivity contribution is 7.20. The fourth-order valence-corrected chi connectivity index (χ4v) is 2.88. The monoisotopic (exact) mass is 253 g/mol. The molecule has 18 heavy (non-hydrogen) atoms. The summed E-state index contributed by atoms with van der Waals surface area (Å²) in [5, 5.41) is 11.8. The van der Waals surface area contributed by atoms with Crippen molar-refractivity contribution in [2.24, 2.45) is 0 Å². The van der Waals surface area contributed by atoms with Gasteiger partial charge in [0.2, 0.25) is 0 Å². The van der Waals surface area contributed by atoms with E-state index in [9.17, 15) is 9.90 Å². The summed E-state index contributed by atoms with van der Waals surface area (Å²) in [6.45, 7) is 0. The van der Waals surface area contributed by atoms with Crippen LogP contribution in [0.25, 0.3) is 21.2 Å². The zero-order chi connectivity index (χ0) is 12.5. The Bertz CT molecular complexity index is 714. The van der Waals surface area contributed by atoms with Crippen molar-refractivity contribution >= 4 is 27.4 Å². The normalized spacial score (nSPS) is 10.7. The number of carboxylic acids is 1. The van der Waals surface area contributed by atoms with Gasteiger partial charge in [0, 0.05) is 4.70 Å². The molecular formula is C15H9O2S-.